The maximum atomic E-state index is 11.6. The van der Waals surface area contributed by atoms with Crippen LogP contribution >= 0.6 is 11.8 Å². The van der Waals surface area contributed by atoms with Gasteiger partial charge in [-0.3, -0.25) is 9.59 Å². The summed E-state index contributed by atoms with van der Waals surface area (Å²) in [4.78, 5) is 23.1. The second kappa shape index (κ2) is 3.06. The highest BCUT2D eigenvalue weighted by Gasteiger charge is 2.62. The van der Waals surface area contributed by atoms with E-state index in [1.54, 1.807) is 0 Å². The molecular weight excluding hydrogens is 214 g/mol. The summed E-state index contributed by atoms with van der Waals surface area (Å²) < 4.78 is 5.64. The minimum Gasteiger partial charge on any atom is -0.373 e. The SMILES string of the molecule is N#CC[C@H]1C[C@@H]2O[C@H]1[C@H]1C(=O)SC(=O)[C@H]12. The van der Waals surface area contributed by atoms with Gasteiger partial charge in [0.1, 0.15) is 0 Å². The van der Waals surface area contributed by atoms with Gasteiger partial charge >= 0.3 is 0 Å². The van der Waals surface area contributed by atoms with Crippen molar-refractivity contribution in [3.63, 3.8) is 0 Å². The molecule has 0 N–H and O–H groups in total. The standard InChI is InChI=1S/C10H9NO3S/c11-2-1-4-3-5-6-7(8(4)14-5)10(13)15-9(6)12/h4-8H,1,3H2/t4-,5-,6-,7-,8+/m0/s1. The first-order valence-electron chi connectivity index (χ1n) is 5.00. The van der Waals surface area contributed by atoms with Crippen molar-refractivity contribution in [3.05, 3.63) is 0 Å². The van der Waals surface area contributed by atoms with Gasteiger partial charge in [0.15, 0.2) is 0 Å². The average Bonchev–Trinajstić information content (AvgIpc) is 2.80. The third-order valence-electron chi connectivity index (χ3n) is 3.57. The van der Waals surface area contributed by atoms with E-state index in [1.165, 1.54) is 0 Å². The zero-order valence-corrected chi connectivity index (χ0v) is 8.70. The fourth-order valence-corrected chi connectivity index (χ4v) is 4.03. The van der Waals surface area contributed by atoms with Crippen LogP contribution in [0.2, 0.25) is 0 Å². The first-order chi connectivity index (χ1) is 7.22. The van der Waals surface area contributed by atoms with Crippen molar-refractivity contribution in [1.29, 1.82) is 5.26 Å². The van der Waals surface area contributed by atoms with E-state index in [-0.39, 0.29) is 40.2 Å². The number of hydrogen-bond acceptors (Lipinski definition) is 5. The molecule has 3 heterocycles. The summed E-state index contributed by atoms with van der Waals surface area (Å²) in [5, 5.41) is 8.56. The molecule has 0 radical (unpaired) electrons. The van der Waals surface area contributed by atoms with E-state index in [0.29, 0.717) is 6.42 Å². The van der Waals surface area contributed by atoms with Crippen LogP contribution in [0.25, 0.3) is 0 Å². The second-order valence-corrected chi connectivity index (χ2v) is 5.30. The van der Waals surface area contributed by atoms with E-state index in [0.717, 1.165) is 18.2 Å². The predicted molar refractivity (Wildman–Crippen MR) is 51.6 cm³/mol. The van der Waals surface area contributed by atoms with Gasteiger partial charge in [0.05, 0.1) is 30.1 Å². The molecule has 0 aromatic carbocycles. The Morgan fingerprint density at radius 1 is 1.40 bits per heavy atom. The number of carbonyl (C=O) groups is 2. The molecule has 0 saturated carbocycles. The molecule has 5 atom stereocenters. The molecular formula is C10H9NO3S. The van der Waals surface area contributed by atoms with Gasteiger partial charge in [-0.15, -0.1) is 0 Å². The molecule has 0 spiro atoms. The van der Waals surface area contributed by atoms with E-state index in [4.69, 9.17) is 10.00 Å². The van der Waals surface area contributed by atoms with Crippen molar-refractivity contribution in [2.75, 3.05) is 0 Å². The fourth-order valence-electron chi connectivity index (χ4n) is 2.98. The van der Waals surface area contributed by atoms with E-state index < -0.39 is 0 Å². The lowest BCUT2D eigenvalue weighted by molar-refractivity contribution is -0.120. The van der Waals surface area contributed by atoms with Gasteiger partial charge in [0, 0.05) is 12.3 Å². The highest BCUT2D eigenvalue weighted by atomic mass is 32.2. The van der Waals surface area contributed by atoms with Gasteiger partial charge < -0.3 is 4.74 Å². The summed E-state index contributed by atoms with van der Waals surface area (Å²) in [6.45, 7) is 0. The van der Waals surface area contributed by atoms with Crippen LogP contribution in [0, 0.1) is 29.1 Å². The van der Waals surface area contributed by atoms with Crippen molar-refractivity contribution >= 4 is 22.0 Å². The number of rotatable bonds is 1. The van der Waals surface area contributed by atoms with Gasteiger partial charge in [-0.1, -0.05) is 0 Å². The van der Waals surface area contributed by atoms with Crippen LogP contribution in [0.1, 0.15) is 12.8 Å². The molecule has 3 aliphatic rings. The van der Waals surface area contributed by atoms with Crippen molar-refractivity contribution in [2.45, 2.75) is 25.0 Å². The Balaban J connectivity index is 1.89. The van der Waals surface area contributed by atoms with Crippen LogP contribution in [0.5, 0.6) is 0 Å². The average molecular weight is 223 g/mol. The molecule has 4 nitrogen and oxygen atoms in total. The smallest absolute Gasteiger partial charge is 0.202 e. The van der Waals surface area contributed by atoms with Crippen LogP contribution in [0.3, 0.4) is 0 Å². The Kier molecular flexibility index (Phi) is 1.91. The zero-order chi connectivity index (χ0) is 10.6. The summed E-state index contributed by atoms with van der Waals surface area (Å²) in [6, 6.07) is 2.12. The third kappa shape index (κ3) is 1.12. The summed E-state index contributed by atoms with van der Waals surface area (Å²) >= 11 is 0.839. The molecule has 0 aliphatic carbocycles. The highest BCUT2D eigenvalue weighted by molar-refractivity contribution is 8.26. The summed E-state index contributed by atoms with van der Waals surface area (Å²) in [6.07, 6.45) is 0.908. The molecule has 0 amide bonds. The Labute approximate surface area is 91.0 Å². The maximum Gasteiger partial charge on any atom is 0.202 e. The second-order valence-electron chi connectivity index (χ2n) is 4.29. The first-order valence-corrected chi connectivity index (χ1v) is 5.82. The summed E-state index contributed by atoms with van der Waals surface area (Å²) in [5.74, 6) is -0.334. The van der Waals surface area contributed by atoms with Crippen LogP contribution < -0.4 is 0 Å². The van der Waals surface area contributed by atoms with Crippen LogP contribution in [0.15, 0.2) is 0 Å². The Morgan fingerprint density at radius 3 is 2.87 bits per heavy atom. The molecule has 3 rings (SSSR count). The van der Waals surface area contributed by atoms with Crippen LogP contribution in [-0.4, -0.2) is 22.4 Å². The van der Waals surface area contributed by atoms with Gasteiger partial charge in [-0.2, -0.15) is 5.26 Å². The number of ether oxygens (including phenoxy) is 1. The van der Waals surface area contributed by atoms with E-state index >= 15 is 0 Å². The maximum absolute atomic E-state index is 11.6. The van der Waals surface area contributed by atoms with Crippen molar-refractivity contribution in [1.82, 2.24) is 0 Å². The fraction of sp³-hybridized carbons (Fsp3) is 0.700. The lowest BCUT2D eigenvalue weighted by Gasteiger charge is -2.23. The Hall–Kier alpha value is -0.860. The van der Waals surface area contributed by atoms with Gasteiger partial charge in [-0.05, 0) is 18.2 Å². The number of nitriles is 1. The quantitative estimate of drug-likeness (QED) is 0.655. The number of hydrogen-bond donors (Lipinski definition) is 0. The van der Waals surface area contributed by atoms with E-state index in [2.05, 4.69) is 6.07 Å². The molecule has 5 heteroatoms. The zero-order valence-electron chi connectivity index (χ0n) is 7.88. The third-order valence-corrected chi connectivity index (χ3v) is 4.52. The van der Waals surface area contributed by atoms with Gasteiger partial charge in [0.25, 0.3) is 0 Å². The minimum absolute atomic E-state index is 0.0343. The number of fused-ring (bicyclic) bond motifs is 5. The Bertz CT molecular complexity index is 389. The van der Waals surface area contributed by atoms with Crippen molar-refractivity contribution in [2.24, 2.45) is 17.8 Å². The molecule has 0 aromatic heterocycles. The normalized spacial score (nSPS) is 47.0. The molecule has 3 saturated heterocycles. The predicted octanol–water partition coefficient (Wildman–Crippen LogP) is 0.720. The van der Waals surface area contributed by atoms with Gasteiger partial charge in [0.2, 0.25) is 10.2 Å². The molecule has 0 unspecified atom stereocenters. The largest absolute Gasteiger partial charge is 0.373 e. The number of nitrogens with zero attached hydrogens (tertiary/aromatic N) is 1. The van der Waals surface area contributed by atoms with Crippen LogP contribution in [0.4, 0.5) is 0 Å². The van der Waals surface area contributed by atoms with Crippen molar-refractivity contribution in [3.8, 4) is 6.07 Å². The molecule has 3 fully saturated rings. The molecule has 15 heavy (non-hydrogen) atoms. The minimum atomic E-state index is -0.264. The molecule has 2 bridgehead atoms. The molecule has 3 aliphatic heterocycles. The monoisotopic (exact) mass is 223 g/mol. The van der Waals surface area contributed by atoms with Crippen molar-refractivity contribution < 1.29 is 14.3 Å². The van der Waals surface area contributed by atoms with Gasteiger partial charge in [-0.25, -0.2) is 0 Å². The van der Waals surface area contributed by atoms with Crippen LogP contribution in [-0.2, 0) is 14.3 Å². The number of carbonyl (C=O) groups excluding carboxylic acids is 2. The Morgan fingerprint density at radius 2 is 2.13 bits per heavy atom. The van der Waals surface area contributed by atoms with E-state index in [9.17, 15) is 9.59 Å². The molecule has 0 aromatic rings. The summed E-state index contributed by atoms with van der Waals surface area (Å²) in [7, 11) is 0. The lowest BCUT2D eigenvalue weighted by atomic mass is 9.74. The molecule has 78 valence electrons. The topological polar surface area (TPSA) is 67.2 Å². The summed E-state index contributed by atoms with van der Waals surface area (Å²) in [5.41, 5.74) is 0. The first kappa shape index (κ1) is 9.37. The number of thioether (sulfide) groups is 1. The lowest BCUT2D eigenvalue weighted by Crippen LogP contribution is -2.34. The highest BCUT2D eigenvalue weighted by Crippen LogP contribution is 2.54. The van der Waals surface area contributed by atoms with E-state index in [1.807, 2.05) is 0 Å².